The van der Waals surface area contributed by atoms with Crippen molar-refractivity contribution in [2.24, 2.45) is 0 Å². The lowest BCUT2D eigenvalue weighted by atomic mass is 10.2. The Kier molecular flexibility index (Phi) is 4.07. The maximum Gasteiger partial charge on any atom is 0.254 e. The van der Waals surface area contributed by atoms with E-state index in [4.69, 9.17) is 17.3 Å². The third kappa shape index (κ3) is 3.24. The number of carbonyl (C=O) groups is 1. The predicted octanol–water partition coefficient (Wildman–Crippen LogP) is 3.18. The van der Waals surface area contributed by atoms with E-state index in [1.54, 1.807) is 11.3 Å². The van der Waals surface area contributed by atoms with Crippen LogP contribution in [0.5, 0.6) is 0 Å². The summed E-state index contributed by atoms with van der Waals surface area (Å²) < 4.78 is 0. The van der Waals surface area contributed by atoms with Crippen molar-refractivity contribution in [1.82, 2.24) is 10.3 Å². The van der Waals surface area contributed by atoms with Gasteiger partial charge in [0, 0.05) is 9.75 Å². The third-order valence-corrected chi connectivity index (χ3v) is 4.12. The van der Waals surface area contributed by atoms with E-state index >= 15 is 0 Å². The van der Waals surface area contributed by atoms with Gasteiger partial charge in [-0.05, 0) is 32.0 Å². The molecule has 1 atom stereocenters. The molecular weight excluding hydrogens is 282 g/mol. The molecule has 0 spiro atoms. The first-order chi connectivity index (χ1) is 8.97. The van der Waals surface area contributed by atoms with Crippen molar-refractivity contribution in [1.29, 1.82) is 0 Å². The number of pyridine rings is 1. The number of nitrogens with zero attached hydrogens (tertiary/aromatic N) is 1. The Morgan fingerprint density at radius 3 is 2.89 bits per heavy atom. The van der Waals surface area contributed by atoms with Crippen molar-refractivity contribution in [3.8, 4) is 0 Å². The number of nitrogen functional groups attached to an aromatic ring is 1. The number of hydrogen-bond acceptors (Lipinski definition) is 4. The van der Waals surface area contributed by atoms with Crippen LogP contribution in [0.2, 0.25) is 5.15 Å². The van der Waals surface area contributed by atoms with Crippen molar-refractivity contribution in [3.63, 3.8) is 0 Å². The van der Waals surface area contributed by atoms with Crippen molar-refractivity contribution in [2.45, 2.75) is 19.9 Å². The SMILES string of the molecule is Cc1ccc(C(C)NC(=O)c2cc(N)cnc2Cl)s1. The fourth-order valence-electron chi connectivity index (χ4n) is 1.66. The number of thiophene rings is 1. The second kappa shape index (κ2) is 5.59. The van der Waals surface area contributed by atoms with Crippen LogP contribution in [0.1, 0.15) is 33.1 Å². The van der Waals surface area contributed by atoms with Gasteiger partial charge in [-0.25, -0.2) is 4.98 Å². The van der Waals surface area contributed by atoms with Crippen molar-refractivity contribution in [2.75, 3.05) is 5.73 Å². The summed E-state index contributed by atoms with van der Waals surface area (Å²) in [6.07, 6.45) is 1.42. The Hall–Kier alpha value is -1.59. The van der Waals surface area contributed by atoms with Gasteiger partial charge in [0.05, 0.1) is 23.5 Å². The molecule has 2 aromatic rings. The van der Waals surface area contributed by atoms with E-state index in [9.17, 15) is 4.79 Å². The van der Waals surface area contributed by atoms with Crippen LogP contribution in [0.15, 0.2) is 24.4 Å². The van der Waals surface area contributed by atoms with Gasteiger partial charge < -0.3 is 11.1 Å². The molecule has 0 radical (unpaired) electrons. The van der Waals surface area contributed by atoms with Gasteiger partial charge in [-0.3, -0.25) is 4.79 Å². The number of nitrogens with one attached hydrogen (secondary N) is 1. The summed E-state index contributed by atoms with van der Waals surface area (Å²) in [6, 6.07) is 5.47. The Bertz CT molecular complexity index is 612. The van der Waals surface area contributed by atoms with Gasteiger partial charge >= 0.3 is 0 Å². The first-order valence-corrected chi connectivity index (χ1v) is 6.95. The second-order valence-electron chi connectivity index (χ2n) is 4.25. The van der Waals surface area contributed by atoms with Crippen LogP contribution in [-0.4, -0.2) is 10.9 Å². The van der Waals surface area contributed by atoms with Gasteiger partial charge in [0.15, 0.2) is 0 Å². The van der Waals surface area contributed by atoms with Gasteiger partial charge in [0.2, 0.25) is 0 Å². The van der Waals surface area contributed by atoms with E-state index < -0.39 is 0 Å². The molecule has 1 unspecified atom stereocenters. The number of nitrogens with two attached hydrogens (primary N) is 1. The van der Waals surface area contributed by atoms with Crippen LogP contribution >= 0.6 is 22.9 Å². The molecule has 19 heavy (non-hydrogen) atoms. The van der Waals surface area contributed by atoms with Crippen molar-refractivity contribution < 1.29 is 4.79 Å². The number of carbonyl (C=O) groups excluding carboxylic acids is 1. The maximum absolute atomic E-state index is 12.1. The monoisotopic (exact) mass is 295 g/mol. The molecule has 0 aliphatic heterocycles. The molecule has 4 nitrogen and oxygen atoms in total. The van der Waals surface area contributed by atoms with Gasteiger partial charge in [0.1, 0.15) is 5.15 Å². The summed E-state index contributed by atoms with van der Waals surface area (Å²) in [5, 5.41) is 3.04. The van der Waals surface area contributed by atoms with Crippen LogP contribution in [0.4, 0.5) is 5.69 Å². The van der Waals surface area contributed by atoms with Gasteiger partial charge in [-0.2, -0.15) is 0 Å². The highest BCUT2D eigenvalue weighted by Crippen LogP contribution is 2.23. The zero-order chi connectivity index (χ0) is 14.0. The maximum atomic E-state index is 12.1. The predicted molar refractivity (Wildman–Crippen MR) is 78.6 cm³/mol. The fraction of sp³-hybridized carbons (Fsp3) is 0.231. The van der Waals surface area contributed by atoms with Gasteiger partial charge in [-0.15, -0.1) is 11.3 Å². The number of amides is 1. The lowest BCUT2D eigenvalue weighted by Crippen LogP contribution is -2.26. The average Bonchev–Trinajstić information content (AvgIpc) is 2.79. The molecule has 0 bridgehead atoms. The lowest BCUT2D eigenvalue weighted by Gasteiger charge is -2.13. The van der Waals surface area contributed by atoms with Crippen LogP contribution < -0.4 is 11.1 Å². The van der Waals surface area contributed by atoms with E-state index in [0.717, 1.165) is 4.88 Å². The molecule has 3 N–H and O–H groups in total. The number of halogens is 1. The molecule has 0 fully saturated rings. The summed E-state index contributed by atoms with van der Waals surface area (Å²) in [7, 11) is 0. The lowest BCUT2D eigenvalue weighted by molar-refractivity contribution is 0.0940. The average molecular weight is 296 g/mol. The second-order valence-corrected chi connectivity index (χ2v) is 5.93. The molecule has 6 heteroatoms. The van der Waals surface area contributed by atoms with Crippen molar-refractivity contribution >= 4 is 34.5 Å². The molecular formula is C13H14ClN3OS. The molecule has 1 amide bonds. The van der Waals surface area contributed by atoms with Crippen molar-refractivity contribution in [3.05, 3.63) is 44.9 Å². The molecule has 100 valence electrons. The molecule has 0 saturated carbocycles. The summed E-state index contributed by atoms with van der Waals surface area (Å²) in [4.78, 5) is 18.3. The minimum absolute atomic E-state index is 0.0799. The third-order valence-electron chi connectivity index (χ3n) is 2.64. The van der Waals surface area contributed by atoms with E-state index in [0.29, 0.717) is 11.3 Å². The summed E-state index contributed by atoms with van der Waals surface area (Å²) in [5.41, 5.74) is 6.32. The number of aromatic nitrogens is 1. The molecule has 0 aliphatic carbocycles. The van der Waals surface area contributed by atoms with Gasteiger partial charge in [0.25, 0.3) is 5.91 Å². The Morgan fingerprint density at radius 2 is 2.26 bits per heavy atom. The normalized spacial score (nSPS) is 12.2. The minimum Gasteiger partial charge on any atom is -0.397 e. The van der Waals surface area contributed by atoms with E-state index in [1.807, 2.05) is 26.0 Å². The molecule has 2 aromatic heterocycles. The summed E-state index contributed by atoms with van der Waals surface area (Å²) in [6.45, 7) is 3.96. The first-order valence-electron chi connectivity index (χ1n) is 5.75. The Labute approximate surface area is 120 Å². The highest BCUT2D eigenvalue weighted by atomic mass is 35.5. The minimum atomic E-state index is -0.275. The topological polar surface area (TPSA) is 68.0 Å². The van der Waals surface area contributed by atoms with Crippen LogP contribution in [0.3, 0.4) is 0 Å². The summed E-state index contributed by atoms with van der Waals surface area (Å²) in [5.74, 6) is -0.275. The van der Waals surface area contributed by atoms with Crippen LogP contribution in [0.25, 0.3) is 0 Å². The van der Waals surface area contributed by atoms with E-state index in [1.165, 1.54) is 17.1 Å². The summed E-state index contributed by atoms with van der Waals surface area (Å²) >= 11 is 7.55. The molecule has 2 heterocycles. The Balaban J connectivity index is 2.15. The largest absolute Gasteiger partial charge is 0.397 e. The standard InChI is InChI=1S/C13H14ClN3OS/c1-7-3-4-11(19-7)8(2)17-13(18)10-5-9(15)6-16-12(10)14/h3-6,8H,15H2,1-2H3,(H,17,18). The van der Waals surface area contributed by atoms with E-state index in [-0.39, 0.29) is 17.1 Å². The smallest absolute Gasteiger partial charge is 0.254 e. The molecule has 0 saturated heterocycles. The molecule has 0 aliphatic rings. The van der Waals surface area contributed by atoms with Gasteiger partial charge in [-0.1, -0.05) is 11.6 Å². The fourth-order valence-corrected chi connectivity index (χ4v) is 2.72. The molecule has 0 aromatic carbocycles. The number of aryl methyl sites for hydroxylation is 1. The first kappa shape index (κ1) is 13.8. The number of anilines is 1. The van der Waals surface area contributed by atoms with Crippen LogP contribution in [-0.2, 0) is 0 Å². The Morgan fingerprint density at radius 1 is 1.53 bits per heavy atom. The zero-order valence-electron chi connectivity index (χ0n) is 10.6. The van der Waals surface area contributed by atoms with E-state index in [2.05, 4.69) is 10.3 Å². The number of hydrogen-bond donors (Lipinski definition) is 2. The quantitative estimate of drug-likeness (QED) is 0.855. The van der Waals surface area contributed by atoms with Crippen LogP contribution in [0, 0.1) is 6.92 Å². The zero-order valence-corrected chi connectivity index (χ0v) is 12.2. The molecule has 2 rings (SSSR count). The highest BCUT2D eigenvalue weighted by molar-refractivity contribution is 7.12. The highest BCUT2D eigenvalue weighted by Gasteiger charge is 2.16. The number of rotatable bonds is 3.